The van der Waals surface area contributed by atoms with Crippen LogP contribution in [0, 0.1) is 6.92 Å². The molecule has 0 aromatic heterocycles. The Balaban J connectivity index is 2.51. The third-order valence-corrected chi connectivity index (χ3v) is 3.91. The van der Waals surface area contributed by atoms with Crippen LogP contribution in [0.3, 0.4) is 0 Å². The van der Waals surface area contributed by atoms with Crippen LogP contribution in [-0.4, -0.2) is 13.7 Å². The van der Waals surface area contributed by atoms with Gasteiger partial charge in [0.2, 0.25) is 0 Å². The van der Waals surface area contributed by atoms with Crippen molar-refractivity contribution in [1.29, 1.82) is 0 Å². The minimum atomic E-state index is -0.389. The summed E-state index contributed by atoms with van der Waals surface area (Å²) in [6.07, 6.45) is 0. The summed E-state index contributed by atoms with van der Waals surface area (Å²) in [5, 5.41) is 0.238. The van der Waals surface area contributed by atoms with Gasteiger partial charge in [-0.25, -0.2) is 0 Å². The molecule has 2 rings (SSSR count). The maximum Gasteiger partial charge on any atom is 0.124 e. The van der Waals surface area contributed by atoms with Crippen molar-refractivity contribution in [2.45, 2.75) is 19.2 Å². The van der Waals surface area contributed by atoms with E-state index >= 15 is 0 Å². The van der Waals surface area contributed by atoms with E-state index in [1.807, 2.05) is 44.2 Å². The summed E-state index contributed by atoms with van der Waals surface area (Å²) in [6.45, 7) is 4.57. The minimum absolute atomic E-state index is 0.389. The van der Waals surface area contributed by atoms with E-state index in [4.69, 9.17) is 32.7 Å². The van der Waals surface area contributed by atoms with Crippen LogP contribution in [0.1, 0.15) is 29.0 Å². The van der Waals surface area contributed by atoms with E-state index in [0.29, 0.717) is 17.4 Å². The molecular formula is C17H18Cl2O2. The second-order valence-electron chi connectivity index (χ2n) is 4.72. The van der Waals surface area contributed by atoms with Gasteiger partial charge in [0.05, 0.1) is 19.1 Å². The van der Waals surface area contributed by atoms with Crippen molar-refractivity contribution >= 4 is 23.2 Å². The summed E-state index contributed by atoms with van der Waals surface area (Å²) in [7, 11) is 1.62. The summed E-state index contributed by atoms with van der Waals surface area (Å²) in [6, 6.07) is 11.4. The van der Waals surface area contributed by atoms with Crippen LogP contribution in [0.25, 0.3) is 0 Å². The van der Waals surface area contributed by atoms with Gasteiger partial charge in [0.1, 0.15) is 11.5 Å². The number of benzene rings is 2. The maximum atomic E-state index is 6.68. The Hall–Kier alpha value is -1.38. The summed E-state index contributed by atoms with van der Waals surface area (Å²) in [4.78, 5) is 0. The number of hydrogen-bond acceptors (Lipinski definition) is 2. The topological polar surface area (TPSA) is 18.5 Å². The third-order valence-electron chi connectivity index (χ3n) is 3.20. The van der Waals surface area contributed by atoms with E-state index in [9.17, 15) is 0 Å². The Labute approximate surface area is 135 Å². The lowest BCUT2D eigenvalue weighted by atomic mass is 10.0. The van der Waals surface area contributed by atoms with E-state index < -0.39 is 0 Å². The van der Waals surface area contributed by atoms with Gasteiger partial charge >= 0.3 is 0 Å². The molecule has 4 heteroatoms. The molecule has 2 aromatic rings. The summed E-state index contributed by atoms with van der Waals surface area (Å²) in [5.74, 6) is 1.49. The predicted molar refractivity (Wildman–Crippen MR) is 88.0 cm³/mol. The third kappa shape index (κ3) is 3.63. The smallest absolute Gasteiger partial charge is 0.124 e. The van der Waals surface area contributed by atoms with E-state index in [1.165, 1.54) is 0 Å². The van der Waals surface area contributed by atoms with Crippen LogP contribution in [0.5, 0.6) is 11.5 Å². The first-order valence-corrected chi connectivity index (χ1v) is 7.59. The van der Waals surface area contributed by atoms with Crippen molar-refractivity contribution < 1.29 is 9.47 Å². The molecule has 21 heavy (non-hydrogen) atoms. The van der Waals surface area contributed by atoms with Gasteiger partial charge in [-0.3, -0.25) is 0 Å². The largest absolute Gasteiger partial charge is 0.496 e. The molecule has 0 N–H and O–H groups in total. The minimum Gasteiger partial charge on any atom is -0.496 e. The molecule has 0 saturated heterocycles. The number of ether oxygens (including phenoxy) is 2. The fraction of sp³-hybridized carbons (Fsp3) is 0.294. The SMILES string of the molecule is CCOc1ccc(C)cc1C(Cl)c1cc(Cl)ccc1OC. The molecule has 112 valence electrons. The lowest BCUT2D eigenvalue weighted by Gasteiger charge is -2.18. The predicted octanol–water partition coefficient (Wildman–Crippen LogP) is 5.38. The molecule has 2 aromatic carbocycles. The number of alkyl halides is 1. The molecular weight excluding hydrogens is 307 g/mol. The van der Waals surface area contributed by atoms with Gasteiger partial charge in [0.15, 0.2) is 0 Å². The monoisotopic (exact) mass is 324 g/mol. The highest BCUT2D eigenvalue weighted by Gasteiger charge is 2.20. The zero-order chi connectivity index (χ0) is 15.4. The van der Waals surface area contributed by atoms with Gasteiger partial charge in [-0.1, -0.05) is 29.3 Å². The van der Waals surface area contributed by atoms with Crippen molar-refractivity contribution in [3.63, 3.8) is 0 Å². The van der Waals surface area contributed by atoms with Crippen molar-refractivity contribution in [2.75, 3.05) is 13.7 Å². The molecule has 1 atom stereocenters. The molecule has 2 nitrogen and oxygen atoms in total. The molecule has 0 saturated carbocycles. The lowest BCUT2D eigenvalue weighted by Crippen LogP contribution is -2.02. The fourth-order valence-electron chi connectivity index (χ4n) is 2.22. The second kappa shape index (κ2) is 7.06. The molecule has 0 aliphatic carbocycles. The number of rotatable bonds is 5. The number of hydrogen-bond donors (Lipinski definition) is 0. The Morgan fingerprint density at radius 1 is 1.05 bits per heavy atom. The van der Waals surface area contributed by atoms with E-state index in [2.05, 4.69) is 0 Å². The number of halogens is 2. The molecule has 0 radical (unpaired) electrons. The maximum absolute atomic E-state index is 6.68. The molecule has 1 unspecified atom stereocenters. The molecule has 0 amide bonds. The summed E-state index contributed by atoms with van der Waals surface area (Å²) >= 11 is 12.8. The van der Waals surface area contributed by atoms with Gasteiger partial charge in [0.25, 0.3) is 0 Å². The Morgan fingerprint density at radius 2 is 1.71 bits per heavy atom. The normalized spacial score (nSPS) is 12.0. The van der Waals surface area contributed by atoms with Crippen LogP contribution in [0.4, 0.5) is 0 Å². The molecule has 0 fully saturated rings. The highest BCUT2D eigenvalue weighted by Crippen LogP contribution is 2.40. The number of methoxy groups -OCH3 is 1. The first-order chi connectivity index (χ1) is 10.1. The van der Waals surface area contributed by atoms with Crippen molar-refractivity contribution in [2.24, 2.45) is 0 Å². The molecule has 0 heterocycles. The standard InChI is InChI=1S/C17H18Cl2O2/c1-4-21-16-7-5-11(2)9-13(16)17(19)14-10-12(18)6-8-15(14)20-3/h5-10,17H,4H2,1-3H3. The first kappa shape index (κ1) is 16.0. The Bertz CT molecular complexity index is 626. The quantitative estimate of drug-likeness (QED) is 0.687. The number of aryl methyl sites for hydroxylation is 1. The van der Waals surface area contributed by atoms with Crippen molar-refractivity contribution in [1.82, 2.24) is 0 Å². The average Bonchev–Trinajstić information content (AvgIpc) is 2.48. The van der Waals surface area contributed by atoms with Gasteiger partial charge in [-0.15, -0.1) is 11.6 Å². The van der Waals surface area contributed by atoms with Crippen LogP contribution < -0.4 is 9.47 Å². The zero-order valence-electron chi connectivity index (χ0n) is 12.3. The molecule has 0 aliphatic rings. The van der Waals surface area contributed by atoms with Gasteiger partial charge in [0, 0.05) is 16.1 Å². The van der Waals surface area contributed by atoms with Crippen LogP contribution in [-0.2, 0) is 0 Å². The van der Waals surface area contributed by atoms with Gasteiger partial charge < -0.3 is 9.47 Å². The Kier molecular flexibility index (Phi) is 5.38. The van der Waals surface area contributed by atoms with E-state index in [0.717, 1.165) is 22.4 Å². The highest BCUT2D eigenvalue weighted by atomic mass is 35.5. The van der Waals surface area contributed by atoms with Crippen molar-refractivity contribution in [3.8, 4) is 11.5 Å². The first-order valence-electron chi connectivity index (χ1n) is 6.77. The average molecular weight is 325 g/mol. The summed E-state index contributed by atoms with van der Waals surface area (Å²) < 4.78 is 11.1. The summed E-state index contributed by atoms with van der Waals surface area (Å²) in [5.41, 5.74) is 2.87. The van der Waals surface area contributed by atoms with Crippen LogP contribution >= 0.6 is 23.2 Å². The lowest BCUT2D eigenvalue weighted by molar-refractivity contribution is 0.336. The van der Waals surface area contributed by atoms with Gasteiger partial charge in [-0.05, 0) is 38.1 Å². The molecule has 0 bridgehead atoms. The van der Waals surface area contributed by atoms with Crippen molar-refractivity contribution in [3.05, 3.63) is 58.1 Å². The van der Waals surface area contributed by atoms with E-state index in [-0.39, 0.29) is 5.38 Å². The second-order valence-corrected chi connectivity index (χ2v) is 5.60. The molecule has 0 spiro atoms. The fourth-order valence-corrected chi connectivity index (χ4v) is 2.75. The van der Waals surface area contributed by atoms with E-state index in [1.54, 1.807) is 13.2 Å². The van der Waals surface area contributed by atoms with Gasteiger partial charge in [-0.2, -0.15) is 0 Å². The molecule has 0 aliphatic heterocycles. The zero-order valence-corrected chi connectivity index (χ0v) is 13.8. The Morgan fingerprint density at radius 3 is 2.38 bits per heavy atom. The van der Waals surface area contributed by atoms with Crippen LogP contribution in [0.15, 0.2) is 36.4 Å². The highest BCUT2D eigenvalue weighted by molar-refractivity contribution is 6.31. The van der Waals surface area contributed by atoms with Crippen LogP contribution in [0.2, 0.25) is 5.02 Å².